The maximum atomic E-state index is 5.71. The number of aromatic nitrogens is 1. The van der Waals surface area contributed by atoms with E-state index in [0.717, 1.165) is 17.9 Å². The molecule has 0 aliphatic heterocycles. The minimum Gasteiger partial charge on any atom is -0.496 e. The maximum Gasteiger partial charge on any atom is 0.126 e. The second-order valence-electron chi connectivity index (χ2n) is 6.10. The molecule has 124 valence electrons. The van der Waals surface area contributed by atoms with Gasteiger partial charge in [-0.05, 0) is 30.7 Å². The average Bonchev–Trinajstić information content (AvgIpc) is 2.61. The summed E-state index contributed by atoms with van der Waals surface area (Å²) in [7, 11) is 1.77. The molecule has 0 unspecified atom stereocenters. The van der Waals surface area contributed by atoms with Crippen molar-refractivity contribution in [2.45, 2.75) is 58.8 Å². The number of hydrogen-bond acceptors (Lipinski definition) is 2. The fourth-order valence-electron chi connectivity index (χ4n) is 3.31. The highest BCUT2D eigenvalue weighted by Crippen LogP contribution is 2.35. The van der Waals surface area contributed by atoms with Crippen molar-refractivity contribution in [3.8, 4) is 17.0 Å². The van der Waals surface area contributed by atoms with E-state index in [1.54, 1.807) is 7.11 Å². The molecule has 0 saturated carbocycles. The van der Waals surface area contributed by atoms with E-state index in [1.165, 1.54) is 42.4 Å². The molecular formula is C21H29NO. The molecule has 2 aromatic rings. The Morgan fingerprint density at radius 1 is 1.04 bits per heavy atom. The van der Waals surface area contributed by atoms with Gasteiger partial charge in [0.1, 0.15) is 5.75 Å². The highest BCUT2D eigenvalue weighted by molar-refractivity contribution is 5.65. The molecule has 0 fully saturated rings. The van der Waals surface area contributed by atoms with Crippen molar-refractivity contribution in [3.05, 3.63) is 47.7 Å². The zero-order chi connectivity index (χ0) is 16.7. The highest BCUT2D eigenvalue weighted by atomic mass is 16.5. The van der Waals surface area contributed by atoms with Crippen LogP contribution in [0.3, 0.4) is 0 Å². The van der Waals surface area contributed by atoms with Gasteiger partial charge < -0.3 is 4.74 Å². The van der Waals surface area contributed by atoms with Gasteiger partial charge >= 0.3 is 0 Å². The maximum absolute atomic E-state index is 5.71. The van der Waals surface area contributed by atoms with E-state index < -0.39 is 0 Å². The third-order valence-corrected chi connectivity index (χ3v) is 4.50. The zero-order valence-corrected chi connectivity index (χ0v) is 14.9. The second kappa shape index (κ2) is 8.71. The van der Waals surface area contributed by atoms with Crippen LogP contribution in [-0.4, -0.2) is 12.1 Å². The monoisotopic (exact) mass is 311 g/mol. The van der Waals surface area contributed by atoms with E-state index in [1.807, 2.05) is 6.20 Å². The number of methoxy groups -OCH3 is 1. The van der Waals surface area contributed by atoms with Gasteiger partial charge in [0.25, 0.3) is 0 Å². The van der Waals surface area contributed by atoms with E-state index in [9.17, 15) is 0 Å². The molecule has 0 atom stereocenters. The zero-order valence-electron chi connectivity index (χ0n) is 14.9. The third kappa shape index (κ3) is 4.13. The van der Waals surface area contributed by atoms with Crippen LogP contribution in [0.15, 0.2) is 36.5 Å². The van der Waals surface area contributed by atoms with E-state index >= 15 is 0 Å². The first-order chi connectivity index (χ1) is 11.2. The van der Waals surface area contributed by atoms with Crippen LogP contribution < -0.4 is 4.74 Å². The molecule has 0 N–H and O–H groups in total. The number of rotatable bonds is 8. The van der Waals surface area contributed by atoms with Crippen LogP contribution in [0.2, 0.25) is 0 Å². The Morgan fingerprint density at radius 3 is 2.35 bits per heavy atom. The summed E-state index contributed by atoms with van der Waals surface area (Å²) in [6.45, 7) is 6.67. The first-order valence-electron chi connectivity index (χ1n) is 8.87. The largest absolute Gasteiger partial charge is 0.496 e. The van der Waals surface area contributed by atoms with Crippen molar-refractivity contribution in [1.29, 1.82) is 0 Å². The van der Waals surface area contributed by atoms with Crippen molar-refractivity contribution in [1.82, 2.24) is 4.98 Å². The van der Waals surface area contributed by atoms with Gasteiger partial charge in [-0.3, -0.25) is 4.98 Å². The summed E-state index contributed by atoms with van der Waals surface area (Å²) < 4.78 is 5.71. The van der Waals surface area contributed by atoms with Crippen molar-refractivity contribution in [3.63, 3.8) is 0 Å². The molecule has 2 heteroatoms. The van der Waals surface area contributed by atoms with Crippen molar-refractivity contribution in [2.24, 2.45) is 0 Å². The van der Waals surface area contributed by atoms with Crippen LogP contribution in [0.4, 0.5) is 0 Å². The number of nitrogens with zero attached hydrogens (tertiary/aromatic N) is 1. The molecule has 0 saturated heterocycles. The fraction of sp³-hybridized carbons (Fsp3) is 0.476. The minimum absolute atomic E-state index is 0.544. The molecule has 0 spiro atoms. The molecule has 0 radical (unpaired) electrons. The second-order valence-corrected chi connectivity index (χ2v) is 6.10. The van der Waals surface area contributed by atoms with Crippen LogP contribution in [0.5, 0.6) is 5.75 Å². The highest BCUT2D eigenvalue weighted by Gasteiger charge is 2.17. The predicted molar refractivity (Wildman–Crippen MR) is 98.2 cm³/mol. The predicted octanol–water partition coefficient (Wildman–Crippen LogP) is 6.00. The Morgan fingerprint density at radius 2 is 1.74 bits per heavy atom. The summed E-state index contributed by atoms with van der Waals surface area (Å²) in [6.07, 6.45) is 7.81. The van der Waals surface area contributed by atoms with Gasteiger partial charge in [-0.25, -0.2) is 0 Å². The lowest BCUT2D eigenvalue weighted by molar-refractivity contribution is 0.400. The van der Waals surface area contributed by atoms with Crippen molar-refractivity contribution >= 4 is 0 Å². The first kappa shape index (κ1) is 17.5. The van der Waals surface area contributed by atoms with Gasteiger partial charge in [0.05, 0.1) is 12.8 Å². The lowest BCUT2D eigenvalue weighted by atomic mass is 9.90. The number of pyridine rings is 1. The SMILES string of the molecule is CCCC(CCC)c1cnc(-c2ccccc2CC)cc1OC. The van der Waals surface area contributed by atoms with Gasteiger partial charge in [-0.15, -0.1) is 0 Å². The molecule has 1 aromatic carbocycles. The molecule has 2 rings (SSSR count). The molecule has 0 aliphatic rings. The smallest absolute Gasteiger partial charge is 0.126 e. The topological polar surface area (TPSA) is 22.1 Å². The molecule has 0 amide bonds. The summed E-state index contributed by atoms with van der Waals surface area (Å²) in [6, 6.07) is 10.6. The molecule has 1 heterocycles. The number of benzene rings is 1. The van der Waals surface area contributed by atoms with E-state index in [2.05, 4.69) is 51.1 Å². The lowest BCUT2D eigenvalue weighted by Crippen LogP contribution is -2.03. The summed E-state index contributed by atoms with van der Waals surface area (Å²) in [5.74, 6) is 1.52. The van der Waals surface area contributed by atoms with Gasteiger partial charge in [0, 0.05) is 23.4 Å². The van der Waals surface area contributed by atoms with Gasteiger partial charge in [0.15, 0.2) is 0 Å². The average molecular weight is 311 g/mol. The van der Waals surface area contributed by atoms with E-state index in [-0.39, 0.29) is 0 Å². The minimum atomic E-state index is 0.544. The number of hydrogen-bond donors (Lipinski definition) is 0. The summed E-state index contributed by atoms with van der Waals surface area (Å²) in [4.78, 5) is 4.77. The van der Waals surface area contributed by atoms with E-state index in [0.29, 0.717) is 5.92 Å². The lowest BCUT2D eigenvalue weighted by Gasteiger charge is -2.19. The Bertz CT molecular complexity index is 615. The number of aryl methyl sites for hydroxylation is 1. The Balaban J connectivity index is 2.43. The van der Waals surface area contributed by atoms with Crippen LogP contribution in [0.25, 0.3) is 11.3 Å². The molecule has 0 aliphatic carbocycles. The van der Waals surface area contributed by atoms with Gasteiger partial charge in [0.2, 0.25) is 0 Å². The molecule has 1 aromatic heterocycles. The van der Waals surface area contributed by atoms with Gasteiger partial charge in [-0.1, -0.05) is 57.9 Å². The first-order valence-corrected chi connectivity index (χ1v) is 8.87. The summed E-state index contributed by atoms with van der Waals surface area (Å²) in [5.41, 5.74) is 4.81. The van der Waals surface area contributed by atoms with E-state index in [4.69, 9.17) is 9.72 Å². The molecule has 23 heavy (non-hydrogen) atoms. The normalized spacial score (nSPS) is 11.0. The fourth-order valence-corrected chi connectivity index (χ4v) is 3.31. The molecular weight excluding hydrogens is 282 g/mol. The molecule has 2 nitrogen and oxygen atoms in total. The standard InChI is InChI=1S/C21H29NO/c1-5-10-17(11-6-2)19-15-22-20(14-21(19)23-4)18-13-9-8-12-16(18)7-3/h8-9,12-15,17H,5-7,10-11H2,1-4H3. The van der Waals surface area contributed by atoms with Crippen molar-refractivity contribution < 1.29 is 4.74 Å². The third-order valence-electron chi connectivity index (χ3n) is 4.50. The Labute approximate surface area is 140 Å². The quantitative estimate of drug-likeness (QED) is 0.596. The Kier molecular flexibility index (Phi) is 6.64. The molecule has 0 bridgehead atoms. The Hall–Kier alpha value is -1.83. The summed E-state index contributed by atoms with van der Waals surface area (Å²) >= 11 is 0. The van der Waals surface area contributed by atoms with Crippen LogP contribution in [-0.2, 0) is 6.42 Å². The van der Waals surface area contributed by atoms with Gasteiger partial charge in [-0.2, -0.15) is 0 Å². The van der Waals surface area contributed by atoms with Crippen LogP contribution in [0, 0.1) is 0 Å². The van der Waals surface area contributed by atoms with Crippen LogP contribution >= 0.6 is 0 Å². The van der Waals surface area contributed by atoms with Crippen LogP contribution in [0.1, 0.15) is 63.5 Å². The summed E-state index contributed by atoms with van der Waals surface area (Å²) in [5, 5.41) is 0. The van der Waals surface area contributed by atoms with Crippen molar-refractivity contribution in [2.75, 3.05) is 7.11 Å². The number of ether oxygens (including phenoxy) is 1.